The smallest absolute Gasteiger partial charge is 0.278 e. The number of nitrogens with zero attached hydrogens (tertiary/aromatic N) is 3. The lowest BCUT2D eigenvalue weighted by Crippen LogP contribution is -2.29. The summed E-state index contributed by atoms with van der Waals surface area (Å²) in [7, 11) is 0. The number of aromatic amines is 1. The van der Waals surface area contributed by atoms with E-state index in [9.17, 15) is 14.4 Å². The zero-order chi connectivity index (χ0) is 22.4. The second-order valence-electron chi connectivity index (χ2n) is 6.43. The van der Waals surface area contributed by atoms with Gasteiger partial charge in [0.2, 0.25) is 11.8 Å². The van der Waals surface area contributed by atoms with Crippen LogP contribution in [-0.2, 0) is 9.59 Å². The molecule has 0 bridgehead atoms. The zero-order valence-corrected chi connectivity index (χ0v) is 19.3. The van der Waals surface area contributed by atoms with Crippen LogP contribution in [0.3, 0.4) is 0 Å². The van der Waals surface area contributed by atoms with Crippen molar-refractivity contribution in [2.24, 2.45) is 0 Å². The maximum Gasteiger partial charge on any atom is 0.278 e. The Bertz CT molecular complexity index is 1150. The summed E-state index contributed by atoms with van der Waals surface area (Å²) in [6.45, 7) is 3.78. The molecule has 160 valence electrons. The predicted octanol–water partition coefficient (Wildman–Crippen LogP) is 3.70. The summed E-state index contributed by atoms with van der Waals surface area (Å²) in [6.07, 6.45) is 0. The number of anilines is 2. The fourth-order valence-electron chi connectivity index (χ4n) is 2.90. The molecule has 3 rings (SSSR count). The first-order chi connectivity index (χ1) is 14.9. The van der Waals surface area contributed by atoms with Crippen molar-refractivity contribution in [1.82, 2.24) is 15.2 Å². The van der Waals surface area contributed by atoms with Gasteiger partial charge in [0.15, 0.2) is 10.9 Å². The topological polar surface area (TPSA) is 108 Å². The number of H-pyrrole nitrogens is 1. The average Bonchev–Trinajstić information content (AvgIpc) is 2.75. The van der Waals surface area contributed by atoms with Crippen molar-refractivity contribution in [2.45, 2.75) is 19.0 Å². The van der Waals surface area contributed by atoms with Crippen molar-refractivity contribution < 1.29 is 9.59 Å². The van der Waals surface area contributed by atoms with Crippen molar-refractivity contribution in [3.63, 3.8) is 0 Å². The number of hydrogen-bond donors (Lipinski definition) is 2. The zero-order valence-electron chi connectivity index (χ0n) is 16.9. The summed E-state index contributed by atoms with van der Waals surface area (Å²) in [5.41, 5.74) is 1.44. The number of halogens is 1. The van der Waals surface area contributed by atoms with E-state index in [0.29, 0.717) is 23.5 Å². The van der Waals surface area contributed by atoms with Gasteiger partial charge in [0, 0.05) is 29.2 Å². The first-order valence-corrected chi connectivity index (χ1v) is 11.2. The lowest BCUT2D eigenvalue weighted by atomic mass is 10.1. The minimum absolute atomic E-state index is 0.0601. The van der Waals surface area contributed by atoms with Crippen LogP contribution < -0.4 is 15.8 Å². The molecule has 2 aromatic carbocycles. The van der Waals surface area contributed by atoms with Crippen LogP contribution in [0.15, 0.2) is 63.0 Å². The highest BCUT2D eigenvalue weighted by Crippen LogP contribution is 2.27. The molecule has 2 N–H and O–H groups in total. The van der Waals surface area contributed by atoms with Gasteiger partial charge in [-0.2, -0.15) is 0 Å². The summed E-state index contributed by atoms with van der Waals surface area (Å²) >= 11 is 4.41. The highest BCUT2D eigenvalue weighted by molar-refractivity contribution is 9.10. The normalized spacial score (nSPS) is 10.5. The molecule has 0 unspecified atom stereocenters. The van der Waals surface area contributed by atoms with Gasteiger partial charge in [-0.1, -0.05) is 45.9 Å². The Hall–Kier alpha value is -2.98. The third-order valence-electron chi connectivity index (χ3n) is 4.29. The summed E-state index contributed by atoms with van der Waals surface area (Å²) < 4.78 is 0.916. The highest BCUT2D eigenvalue weighted by Gasteiger charge is 2.18. The van der Waals surface area contributed by atoms with Crippen molar-refractivity contribution >= 4 is 50.9 Å². The third-order valence-corrected chi connectivity index (χ3v) is 5.68. The molecule has 0 saturated heterocycles. The molecule has 8 nitrogen and oxygen atoms in total. The number of carbonyl (C=O) groups excluding carboxylic acids is 2. The second-order valence-corrected chi connectivity index (χ2v) is 8.31. The van der Waals surface area contributed by atoms with Gasteiger partial charge in [-0.25, -0.2) is 0 Å². The molecule has 0 aliphatic rings. The van der Waals surface area contributed by atoms with Crippen LogP contribution in [0.2, 0.25) is 0 Å². The molecule has 0 fully saturated rings. The lowest BCUT2D eigenvalue weighted by Gasteiger charge is -2.21. The van der Waals surface area contributed by atoms with E-state index in [1.165, 1.54) is 6.92 Å². The first-order valence-electron chi connectivity index (χ1n) is 9.41. The maximum absolute atomic E-state index is 12.7. The quantitative estimate of drug-likeness (QED) is 0.477. The van der Waals surface area contributed by atoms with Gasteiger partial charge in [0.1, 0.15) is 0 Å². The van der Waals surface area contributed by atoms with Crippen LogP contribution in [0.1, 0.15) is 13.8 Å². The SMILES string of the molecule is CCN(C(C)=O)c1ccccc1-c1nnc(SCC(=O)Nc2ccc(Br)cc2)[nH]c1=O. The fraction of sp³-hybridized carbons (Fsp3) is 0.190. The Morgan fingerprint density at radius 2 is 1.84 bits per heavy atom. The maximum atomic E-state index is 12.7. The number of para-hydroxylation sites is 1. The number of amides is 2. The number of hydrogen-bond acceptors (Lipinski definition) is 6. The third kappa shape index (κ3) is 5.80. The average molecular weight is 502 g/mol. The molecule has 0 aliphatic heterocycles. The number of aromatic nitrogens is 3. The van der Waals surface area contributed by atoms with E-state index < -0.39 is 5.56 Å². The molecule has 0 aliphatic carbocycles. The molecule has 0 atom stereocenters. The summed E-state index contributed by atoms with van der Waals surface area (Å²) in [5.74, 6) is -0.308. The van der Waals surface area contributed by atoms with E-state index in [4.69, 9.17) is 0 Å². The number of nitrogens with one attached hydrogen (secondary N) is 2. The van der Waals surface area contributed by atoms with Gasteiger partial charge >= 0.3 is 0 Å². The molecule has 3 aromatic rings. The van der Waals surface area contributed by atoms with Crippen molar-refractivity contribution in [1.29, 1.82) is 0 Å². The molecule has 1 heterocycles. The van der Waals surface area contributed by atoms with Crippen molar-refractivity contribution in [3.8, 4) is 11.3 Å². The summed E-state index contributed by atoms with van der Waals surface area (Å²) in [6, 6.07) is 14.3. The van der Waals surface area contributed by atoms with E-state index in [-0.39, 0.29) is 28.4 Å². The molecule has 0 radical (unpaired) electrons. The van der Waals surface area contributed by atoms with E-state index in [0.717, 1.165) is 16.2 Å². The largest absolute Gasteiger partial charge is 0.325 e. The van der Waals surface area contributed by atoms with Gasteiger partial charge in [0.05, 0.1) is 11.4 Å². The van der Waals surface area contributed by atoms with Crippen LogP contribution in [0.5, 0.6) is 0 Å². The van der Waals surface area contributed by atoms with Crippen molar-refractivity contribution in [3.05, 3.63) is 63.4 Å². The molecular formula is C21H20BrN5O3S. The van der Waals surface area contributed by atoms with Gasteiger partial charge in [-0.15, -0.1) is 10.2 Å². The highest BCUT2D eigenvalue weighted by atomic mass is 79.9. The minimum Gasteiger partial charge on any atom is -0.325 e. The second kappa shape index (κ2) is 10.4. The van der Waals surface area contributed by atoms with Crippen LogP contribution in [-0.4, -0.2) is 39.3 Å². The van der Waals surface area contributed by atoms with E-state index in [1.807, 2.05) is 19.1 Å². The van der Waals surface area contributed by atoms with Crippen molar-refractivity contribution in [2.75, 3.05) is 22.5 Å². The van der Waals surface area contributed by atoms with Gasteiger partial charge in [0.25, 0.3) is 5.56 Å². The van der Waals surface area contributed by atoms with Crippen LogP contribution >= 0.6 is 27.7 Å². The number of benzene rings is 2. The number of carbonyl (C=O) groups is 2. The molecule has 0 spiro atoms. The summed E-state index contributed by atoms with van der Waals surface area (Å²) in [5, 5.41) is 11.1. The molecule has 1 aromatic heterocycles. The van der Waals surface area contributed by atoms with Gasteiger partial charge < -0.3 is 10.2 Å². The Balaban J connectivity index is 1.74. The molecular weight excluding hydrogens is 482 g/mol. The van der Waals surface area contributed by atoms with E-state index >= 15 is 0 Å². The fourth-order valence-corrected chi connectivity index (χ4v) is 3.77. The van der Waals surface area contributed by atoms with E-state index in [2.05, 4.69) is 36.4 Å². The van der Waals surface area contributed by atoms with E-state index in [1.54, 1.807) is 41.3 Å². The molecule has 10 heteroatoms. The first kappa shape index (κ1) is 22.7. The van der Waals surface area contributed by atoms with Gasteiger partial charge in [-0.3, -0.25) is 19.4 Å². The predicted molar refractivity (Wildman–Crippen MR) is 125 cm³/mol. The molecule has 2 amide bonds. The Morgan fingerprint density at radius 1 is 1.13 bits per heavy atom. The van der Waals surface area contributed by atoms with Crippen LogP contribution in [0.4, 0.5) is 11.4 Å². The summed E-state index contributed by atoms with van der Waals surface area (Å²) in [4.78, 5) is 41.0. The number of rotatable bonds is 7. The monoisotopic (exact) mass is 501 g/mol. The Labute approximate surface area is 191 Å². The number of thioether (sulfide) groups is 1. The van der Waals surface area contributed by atoms with Crippen LogP contribution in [0, 0.1) is 0 Å². The minimum atomic E-state index is -0.446. The standard InChI is InChI=1S/C21H20BrN5O3S/c1-3-27(13(2)28)17-7-5-4-6-16(17)19-20(30)24-21(26-25-19)31-12-18(29)23-15-10-8-14(22)9-11-15/h4-11H,3,12H2,1-2H3,(H,23,29)(H,24,26,30). The molecule has 0 saturated carbocycles. The lowest BCUT2D eigenvalue weighted by molar-refractivity contribution is -0.116. The van der Waals surface area contributed by atoms with Gasteiger partial charge in [-0.05, 0) is 37.3 Å². The molecule has 31 heavy (non-hydrogen) atoms. The van der Waals surface area contributed by atoms with Crippen LogP contribution in [0.25, 0.3) is 11.3 Å². The Kier molecular flexibility index (Phi) is 7.59. The Morgan fingerprint density at radius 3 is 2.48 bits per heavy atom.